The monoisotopic (exact) mass is 471 g/mol. The number of nitrogens with zero attached hydrogens (tertiary/aromatic N) is 3. The van der Waals surface area contributed by atoms with Crippen LogP contribution in [0.15, 0.2) is 52.3 Å². The summed E-state index contributed by atoms with van der Waals surface area (Å²) in [5.41, 5.74) is 0.225. The Morgan fingerprint density at radius 3 is 2.42 bits per heavy atom. The van der Waals surface area contributed by atoms with E-state index in [4.69, 9.17) is 14.2 Å². The molecule has 3 rings (SSSR count). The Morgan fingerprint density at radius 2 is 1.82 bits per heavy atom. The molecule has 0 radical (unpaired) electrons. The Morgan fingerprint density at radius 1 is 1.12 bits per heavy atom. The number of carbonyl (C=O) groups excluding carboxylic acids is 1. The van der Waals surface area contributed by atoms with Gasteiger partial charge in [0.15, 0.2) is 0 Å². The first kappa shape index (κ1) is 24.1. The number of nitro groups is 1. The van der Waals surface area contributed by atoms with E-state index in [0.717, 1.165) is 11.8 Å². The van der Waals surface area contributed by atoms with Crippen molar-refractivity contribution in [2.75, 3.05) is 14.2 Å². The summed E-state index contributed by atoms with van der Waals surface area (Å²) in [7, 11) is 2.97. The van der Waals surface area contributed by atoms with Crippen LogP contribution in [0.25, 0.3) is 0 Å². The maximum absolute atomic E-state index is 13.2. The van der Waals surface area contributed by atoms with Gasteiger partial charge in [-0.3, -0.25) is 10.1 Å². The molecule has 0 N–H and O–H groups in total. The minimum absolute atomic E-state index is 0.0421. The van der Waals surface area contributed by atoms with Crippen molar-refractivity contribution in [3.63, 3.8) is 0 Å². The summed E-state index contributed by atoms with van der Waals surface area (Å²) in [4.78, 5) is 25.1. The van der Waals surface area contributed by atoms with Crippen molar-refractivity contribution in [1.82, 2.24) is 9.78 Å². The maximum Gasteiger partial charge on any atom is 0.348 e. The van der Waals surface area contributed by atoms with Gasteiger partial charge in [-0.25, -0.2) is 9.48 Å². The molecule has 0 atom stereocenters. The minimum atomic E-state index is -0.649. The van der Waals surface area contributed by atoms with Gasteiger partial charge in [-0.1, -0.05) is 23.9 Å². The molecule has 0 aliphatic rings. The van der Waals surface area contributed by atoms with Crippen molar-refractivity contribution in [1.29, 1.82) is 0 Å². The van der Waals surface area contributed by atoms with E-state index in [0.29, 0.717) is 27.0 Å². The number of hydrogen-bond donors (Lipinski definition) is 0. The molecule has 1 heterocycles. The van der Waals surface area contributed by atoms with Crippen LogP contribution in [0.1, 0.15) is 36.8 Å². The van der Waals surface area contributed by atoms with Gasteiger partial charge in [-0.05, 0) is 45.9 Å². The molecule has 0 bridgehead atoms. The topological polar surface area (TPSA) is 106 Å². The average molecular weight is 472 g/mol. The van der Waals surface area contributed by atoms with Crippen LogP contribution < -0.4 is 14.2 Å². The lowest BCUT2D eigenvalue weighted by Crippen LogP contribution is -2.25. The van der Waals surface area contributed by atoms with Crippen LogP contribution in [-0.2, 0) is 5.54 Å². The molecule has 0 spiro atoms. The van der Waals surface area contributed by atoms with Crippen molar-refractivity contribution in [3.8, 4) is 17.4 Å². The van der Waals surface area contributed by atoms with Crippen LogP contribution >= 0.6 is 11.8 Å². The van der Waals surface area contributed by atoms with Crippen molar-refractivity contribution in [2.24, 2.45) is 0 Å². The Kier molecular flexibility index (Phi) is 6.97. The Balaban J connectivity index is 2.08. The van der Waals surface area contributed by atoms with Gasteiger partial charge in [-0.15, -0.1) is 0 Å². The second kappa shape index (κ2) is 9.53. The molecular weight excluding hydrogens is 446 g/mol. The van der Waals surface area contributed by atoms with Crippen molar-refractivity contribution in [3.05, 3.63) is 63.8 Å². The van der Waals surface area contributed by atoms with Gasteiger partial charge in [0.1, 0.15) is 17.1 Å². The van der Waals surface area contributed by atoms with Gasteiger partial charge < -0.3 is 14.2 Å². The quantitative estimate of drug-likeness (QED) is 0.262. The first-order valence-electron chi connectivity index (χ1n) is 10.0. The largest absolute Gasteiger partial charge is 0.497 e. The highest BCUT2D eigenvalue weighted by atomic mass is 32.2. The van der Waals surface area contributed by atoms with Crippen LogP contribution in [0.5, 0.6) is 17.4 Å². The van der Waals surface area contributed by atoms with E-state index >= 15 is 0 Å². The van der Waals surface area contributed by atoms with Gasteiger partial charge in [0.05, 0.1) is 40.2 Å². The van der Waals surface area contributed by atoms with E-state index in [-0.39, 0.29) is 17.1 Å². The molecule has 0 aliphatic carbocycles. The highest BCUT2D eigenvalue weighted by molar-refractivity contribution is 7.99. The summed E-state index contributed by atoms with van der Waals surface area (Å²) >= 11 is 1.13. The number of benzene rings is 2. The molecular formula is C23H25N3O6S. The van der Waals surface area contributed by atoms with E-state index in [1.807, 2.05) is 20.8 Å². The number of aryl methyl sites for hydroxylation is 1. The molecule has 174 valence electrons. The summed E-state index contributed by atoms with van der Waals surface area (Å²) in [6.45, 7) is 7.53. The molecule has 0 saturated carbocycles. The molecule has 0 fully saturated rings. The number of aromatic nitrogens is 2. The number of para-hydroxylation sites is 1. The zero-order valence-corrected chi connectivity index (χ0v) is 20.1. The fraction of sp³-hybridized carbons (Fsp3) is 0.304. The summed E-state index contributed by atoms with van der Waals surface area (Å²) in [6.07, 6.45) is 0. The summed E-state index contributed by atoms with van der Waals surface area (Å²) in [5.74, 6) is 0.382. The van der Waals surface area contributed by atoms with Gasteiger partial charge in [0.25, 0.3) is 5.69 Å². The number of hydrogen-bond acceptors (Lipinski definition) is 8. The molecule has 2 aromatic carbocycles. The highest BCUT2D eigenvalue weighted by Gasteiger charge is 2.29. The molecule has 10 heteroatoms. The third-order valence-corrected chi connectivity index (χ3v) is 5.93. The average Bonchev–Trinajstić information content (AvgIpc) is 3.08. The second-order valence-electron chi connectivity index (χ2n) is 8.08. The smallest absolute Gasteiger partial charge is 0.348 e. The SMILES string of the molecule is COc1ccc(C(=O)Oc2c(Sc3ccccc3[N+](=O)[O-])c(C)nn2C(C)(C)C)c(OC)c1. The summed E-state index contributed by atoms with van der Waals surface area (Å²) in [6, 6.07) is 11.2. The highest BCUT2D eigenvalue weighted by Crippen LogP contribution is 2.43. The summed E-state index contributed by atoms with van der Waals surface area (Å²) < 4.78 is 18.0. The van der Waals surface area contributed by atoms with Crippen molar-refractivity contribution < 1.29 is 23.9 Å². The maximum atomic E-state index is 13.2. The fourth-order valence-corrected chi connectivity index (χ4v) is 4.09. The molecule has 0 unspecified atom stereocenters. The molecule has 0 amide bonds. The second-order valence-corrected chi connectivity index (χ2v) is 9.14. The van der Waals surface area contributed by atoms with E-state index in [9.17, 15) is 14.9 Å². The number of rotatable bonds is 7. The van der Waals surface area contributed by atoms with Crippen LogP contribution in [-0.4, -0.2) is 34.9 Å². The van der Waals surface area contributed by atoms with Gasteiger partial charge in [-0.2, -0.15) is 5.10 Å². The number of nitro benzene ring substituents is 1. The first-order valence-corrected chi connectivity index (χ1v) is 10.8. The van der Waals surface area contributed by atoms with Crippen LogP contribution in [0.2, 0.25) is 0 Å². The van der Waals surface area contributed by atoms with Crippen LogP contribution in [0.3, 0.4) is 0 Å². The standard InChI is InChI=1S/C23H25N3O6S/c1-14-20(33-19-10-8-7-9-17(19)26(28)29)21(25(24-14)23(2,3)4)32-22(27)16-12-11-15(30-5)13-18(16)31-6/h7-13H,1-6H3. The van der Waals surface area contributed by atoms with Gasteiger partial charge in [0, 0.05) is 12.1 Å². The van der Waals surface area contributed by atoms with E-state index in [1.165, 1.54) is 20.3 Å². The third kappa shape index (κ3) is 5.11. The van der Waals surface area contributed by atoms with Gasteiger partial charge in [0.2, 0.25) is 5.88 Å². The number of carbonyl (C=O) groups is 1. The van der Waals surface area contributed by atoms with E-state index in [2.05, 4.69) is 5.10 Å². The number of ether oxygens (including phenoxy) is 3. The Hall–Kier alpha value is -3.53. The van der Waals surface area contributed by atoms with Gasteiger partial charge >= 0.3 is 5.97 Å². The van der Waals surface area contributed by atoms with Crippen LogP contribution in [0.4, 0.5) is 5.69 Å². The number of esters is 1. The number of methoxy groups -OCH3 is 2. The molecule has 3 aromatic rings. The van der Waals surface area contributed by atoms with Crippen LogP contribution in [0, 0.1) is 17.0 Å². The predicted octanol–water partition coefficient (Wildman–Crippen LogP) is 5.24. The third-order valence-electron chi connectivity index (χ3n) is 4.69. The zero-order valence-electron chi connectivity index (χ0n) is 19.2. The molecule has 1 aromatic heterocycles. The Labute approximate surface area is 195 Å². The minimum Gasteiger partial charge on any atom is -0.497 e. The summed E-state index contributed by atoms with van der Waals surface area (Å²) in [5, 5.41) is 16.1. The molecule has 33 heavy (non-hydrogen) atoms. The predicted molar refractivity (Wildman–Crippen MR) is 124 cm³/mol. The molecule has 9 nitrogen and oxygen atoms in total. The molecule has 0 saturated heterocycles. The first-order chi connectivity index (χ1) is 15.6. The lowest BCUT2D eigenvalue weighted by molar-refractivity contribution is -0.387. The normalized spacial score (nSPS) is 11.2. The van der Waals surface area contributed by atoms with E-state index < -0.39 is 16.4 Å². The Bertz CT molecular complexity index is 1200. The van der Waals surface area contributed by atoms with Crippen molar-refractivity contribution >= 4 is 23.4 Å². The lowest BCUT2D eigenvalue weighted by Gasteiger charge is -2.22. The van der Waals surface area contributed by atoms with E-state index in [1.54, 1.807) is 48.0 Å². The lowest BCUT2D eigenvalue weighted by atomic mass is 10.1. The fourth-order valence-electron chi connectivity index (χ4n) is 3.07. The molecule has 0 aliphatic heterocycles. The van der Waals surface area contributed by atoms with Crippen molar-refractivity contribution in [2.45, 2.75) is 43.0 Å². The zero-order chi connectivity index (χ0) is 24.3.